The summed E-state index contributed by atoms with van der Waals surface area (Å²) in [6.07, 6.45) is 0.611. The highest BCUT2D eigenvalue weighted by Crippen LogP contribution is 2.27. The van der Waals surface area contributed by atoms with Gasteiger partial charge in [-0.15, -0.1) is 0 Å². The molecule has 0 aromatic heterocycles. The number of hydrogen-bond donors (Lipinski definition) is 0. The van der Waals surface area contributed by atoms with E-state index in [0.29, 0.717) is 36.7 Å². The molecule has 0 radical (unpaired) electrons. The van der Waals surface area contributed by atoms with E-state index in [1.54, 1.807) is 31.2 Å². The molecular formula is C16H16FNO4. The predicted molar refractivity (Wildman–Crippen MR) is 79.8 cm³/mol. The molecule has 2 aromatic carbocycles. The second-order valence-electron chi connectivity index (χ2n) is 4.66. The molecule has 116 valence electrons. The average molecular weight is 305 g/mol. The quantitative estimate of drug-likeness (QED) is 0.442. The second kappa shape index (κ2) is 7.40. The maximum atomic E-state index is 12.7. The van der Waals surface area contributed by atoms with Crippen LogP contribution in [0.25, 0.3) is 0 Å². The number of nitro groups is 1. The Morgan fingerprint density at radius 2 is 1.77 bits per heavy atom. The zero-order valence-electron chi connectivity index (χ0n) is 12.1. The van der Waals surface area contributed by atoms with E-state index in [-0.39, 0.29) is 11.5 Å². The van der Waals surface area contributed by atoms with E-state index in [1.807, 2.05) is 0 Å². The van der Waals surface area contributed by atoms with Crippen molar-refractivity contribution in [2.24, 2.45) is 0 Å². The molecule has 22 heavy (non-hydrogen) atoms. The van der Waals surface area contributed by atoms with Crippen LogP contribution in [0.1, 0.15) is 12.0 Å². The minimum absolute atomic E-state index is 0.0417. The van der Waals surface area contributed by atoms with Crippen LogP contribution < -0.4 is 9.47 Å². The predicted octanol–water partition coefficient (Wildman–Crippen LogP) is 3.89. The maximum Gasteiger partial charge on any atom is 0.276 e. The number of ether oxygens (including phenoxy) is 2. The molecule has 0 saturated heterocycles. The number of nitro benzene ring substituents is 1. The normalized spacial score (nSPS) is 10.3. The zero-order chi connectivity index (χ0) is 15.9. The highest BCUT2D eigenvalue weighted by Gasteiger charge is 2.13. The van der Waals surface area contributed by atoms with Crippen LogP contribution in [-0.2, 0) is 0 Å². The van der Waals surface area contributed by atoms with Crippen molar-refractivity contribution >= 4 is 5.69 Å². The fraction of sp³-hybridized carbons (Fsp3) is 0.250. The molecule has 0 aliphatic rings. The minimum atomic E-state index is -0.431. The Labute approximate surface area is 127 Å². The summed E-state index contributed by atoms with van der Waals surface area (Å²) in [5.41, 5.74) is 0.548. The monoisotopic (exact) mass is 305 g/mol. The summed E-state index contributed by atoms with van der Waals surface area (Å²) in [5, 5.41) is 10.8. The van der Waals surface area contributed by atoms with Gasteiger partial charge in [-0.1, -0.05) is 6.07 Å². The summed E-state index contributed by atoms with van der Waals surface area (Å²) in [6.45, 7) is 2.45. The van der Waals surface area contributed by atoms with Crippen LogP contribution in [0, 0.1) is 22.9 Å². The van der Waals surface area contributed by atoms with E-state index >= 15 is 0 Å². The third kappa shape index (κ3) is 4.18. The van der Waals surface area contributed by atoms with Gasteiger partial charge in [0.05, 0.1) is 23.7 Å². The van der Waals surface area contributed by atoms with Gasteiger partial charge in [0.25, 0.3) is 5.69 Å². The smallest absolute Gasteiger partial charge is 0.276 e. The second-order valence-corrected chi connectivity index (χ2v) is 4.66. The molecule has 0 aliphatic heterocycles. The number of rotatable bonds is 7. The van der Waals surface area contributed by atoms with Gasteiger partial charge in [-0.2, -0.15) is 0 Å². The fourth-order valence-corrected chi connectivity index (χ4v) is 1.92. The summed E-state index contributed by atoms with van der Waals surface area (Å²) < 4.78 is 23.7. The number of benzene rings is 2. The molecule has 2 aromatic rings. The third-order valence-electron chi connectivity index (χ3n) is 3.08. The molecule has 0 aliphatic carbocycles. The number of nitrogens with zero attached hydrogens (tertiary/aromatic N) is 1. The number of halogens is 1. The summed E-state index contributed by atoms with van der Waals surface area (Å²) in [6, 6.07) is 10.5. The first-order valence-corrected chi connectivity index (χ1v) is 6.83. The lowest BCUT2D eigenvalue weighted by Crippen LogP contribution is -2.06. The SMILES string of the molecule is Cc1c(OCCCOc2ccc(F)cc2)cccc1[N+](=O)[O-]. The molecule has 5 nitrogen and oxygen atoms in total. The van der Waals surface area contributed by atoms with E-state index < -0.39 is 4.92 Å². The van der Waals surface area contributed by atoms with Gasteiger partial charge in [0.15, 0.2) is 0 Å². The average Bonchev–Trinajstić information content (AvgIpc) is 2.50. The van der Waals surface area contributed by atoms with Gasteiger partial charge >= 0.3 is 0 Å². The van der Waals surface area contributed by atoms with E-state index in [0.717, 1.165) is 0 Å². The Morgan fingerprint density at radius 1 is 1.09 bits per heavy atom. The molecule has 2 rings (SSSR count). The van der Waals surface area contributed by atoms with Gasteiger partial charge in [0.1, 0.15) is 17.3 Å². The van der Waals surface area contributed by atoms with Crippen molar-refractivity contribution in [2.75, 3.05) is 13.2 Å². The first-order valence-electron chi connectivity index (χ1n) is 6.83. The van der Waals surface area contributed by atoms with Crippen molar-refractivity contribution in [1.82, 2.24) is 0 Å². The van der Waals surface area contributed by atoms with Gasteiger partial charge in [-0.3, -0.25) is 10.1 Å². The van der Waals surface area contributed by atoms with E-state index in [2.05, 4.69) is 0 Å². The van der Waals surface area contributed by atoms with Gasteiger partial charge in [-0.05, 0) is 37.3 Å². The summed E-state index contributed by atoms with van der Waals surface area (Å²) in [5.74, 6) is 0.778. The first-order chi connectivity index (χ1) is 10.6. The van der Waals surface area contributed by atoms with Gasteiger partial charge in [0, 0.05) is 12.5 Å². The topological polar surface area (TPSA) is 61.6 Å². The standard InChI is InChI=1S/C16H16FNO4/c1-12-15(18(19)20)4-2-5-16(12)22-11-3-10-21-14-8-6-13(17)7-9-14/h2,4-9H,3,10-11H2,1H3. The molecule has 0 spiro atoms. The molecule has 0 heterocycles. The molecule has 0 fully saturated rings. The largest absolute Gasteiger partial charge is 0.493 e. The van der Waals surface area contributed by atoms with Crippen molar-refractivity contribution in [1.29, 1.82) is 0 Å². The van der Waals surface area contributed by atoms with Gasteiger partial charge in [0.2, 0.25) is 0 Å². The fourth-order valence-electron chi connectivity index (χ4n) is 1.92. The Bertz CT molecular complexity index is 643. The summed E-state index contributed by atoms with van der Waals surface area (Å²) in [7, 11) is 0. The van der Waals surface area contributed by atoms with Crippen LogP contribution in [-0.4, -0.2) is 18.1 Å². The van der Waals surface area contributed by atoms with Crippen LogP contribution in [0.2, 0.25) is 0 Å². The maximum absolute atomic E-state index is 12.7. The number of hydrogen-bond acceptors (Lipinski definition) is 4. The lowest BCUT2D eigenvalue weighted by Gasteiger charge is -2.10. The molecular weight excluding hydrogens is 289 g/mol. The lowest BCUT2D eigenvalue weighted by molar-refractivity contribution is -0.385. The molecule has 0 atom stereocenters. The molecule has 0 bridgehead atoms. The van der Waals surface area contributed by atoms with Gasteiger partial charge < -0.3 is 9.47 Å². The van der Waals surface area contributed by atoms with Crippen molar-refractivity contribution in [3.05, 3.63) is 64.0 Å². The van der Waals surface area contributed by atoms with Crippen molar-refractivity contribution in [2.45, 2.75) is 13.3 Å². The van der Waals surface area contributed by atoms with E-state index in [1.165, 1.54) is 18.2 Å². The molecule has 0 saturated carbocycles. The van der Waals surface area contributed by atoms with Crippen LogP contribution in [0.4, 0.5) is 10.1 Å². The van der Waals surface area contributed by atoms with Crippen molar-refractivity contribution in [3.8, 4) is 11.5 Å². The first kappa shape index (κ1) is 15.8. The Kier molecular flexibility index (Phi) is 5.30. The zero-order valence-corrected chi connectivity index (χ0v) is 12.1. The highest BCUT2D eigenvalue weighted by atomic mass is 19.1. The molecule has 0 unspecified atom stereocenters. The molecule has 6 heteroatoms. The molecule has 0 amide bonds. The van der Waals surface area contributed by atoms with E-state index in [4.69, 9.17) is 9.47 Å². The van der Waals surface area contributed by atoms with Gasteiger partial charge in [-0.25, -0.2) is 4.39 Å². The van der Waals surface area contributed by atoms with Crippen molar-refractivity contribution in [3.63, 3.8) is 0 Å². The highest BCUT2D eigenvalue weighted by molar-refractivity contribution is 5.48. The van der Waals surface area contributed by atoms with Crippen molar-refractivity contribution < 1.29 is 18.8 Å². The minimum Gasteiger partial charge on any atom is -0.493 e. The van der Waals surface area contributed by atoms with Crippen LogP contribution >= 0.6 is 0 Å². The third-order valence-corrected chi connectivity index (χ3v) is 3.08. The van der Waals surface area contributed by atoms with Crippen LogP contribution in [0.5, 0.6) is 11.5 Å². The Balaban J connectivity index is 1.78. The van der Waals surface area contributed by atoms with Crippen LogP contribution in [0.15, 0.2) is 42.5 Å². The Hall–Kier alpha value is -2.63. The summed E-state index contributed by atoms with van der Waals surface area (Å²) >= 11 is 0. The molecule has 0 N–H and O–H groups in total. The lowest BCUT2D eigenvalue weighted by atomic mass is 10.2. The summed E-state index contributed by atoms with van der Waals surface area (Å²) in [4.78, 5) is 10.4. The Morgan fingerprint density at radius 3 is 2.45 bits per heavy atom. The van der Waals surface area contributed by atoms with Crippen LogP contribution in [0.3, 0.4) is 0 Å². The van der Waals surface area contributed by atoms with E-state index in [9.17, 15) is 14.5 Å².